The fraction of sp³-hybridized carbons (Fsp3) is 0.462. The van der Waals surface area contributed by atoms with E-state index in [4.69, 9.17) is 5.73 Å². The molecule has 0 saturated carbocycles. The largest absolute Gasteiger partial charge is 0.398 e. The van der Waals surface area contributed by atoms with Gasteiger partial charge in [0.1, 0.15) is 0 Å². The van der Waals surface area contributed by atoms with E-state index in [2.05, 4.69) is 29.8 Å². The highest BCUT2D eigenvalue weighted by Crippen LogP contribution is 2.21. The SMILES string of the molecule is CCCC(C)N(C)C(=O)c1ccc(Br)c(N)c1. The molecule has 0 spiro atoms. The summed E-state index contributed by atoms with van der Waals surface area (Å²) in [5.41, 5.74) is 7.00. The molecule has 17 heavy (non-hydrogen) atoms. The van der Waals surface area contributed by atoms with Crippen molar-refractivity contribution in [1.29, 1.82) is 0 Å². The van der Waals surface area contributed by atoms with Crippen molar-refractivity contribution in [2.75, 3.05) is 12.8 Å². The summed E-state index contributed by atoms with van der Waals surface area (Å²) in [6.07, 6.45) is 2.08. The standard InChI is InChI=1S/C13H19BrN2O/c1-4-5-9(2)16(3)13(17)10-6-7-11(14)12(15)8-10/h6-9H,4-5,15H2,1-3H3. The number of rotatable bonds is 4. The van der Waals surface area contributed by atoms with Crippen LogP contribution >= 0.6 is 15.9 Å². The van der Waals surface area contributed by atoms with E-state index >= 15 is 0 Å². The second-order valence-corrected chi connectivity index (χ2v) is 5.14. The van der Waals surface area contributed by atoms with Crippen molar-refractivity contribution in [2.45, 2.75) is 32.7 Å². The lowest BCUT2D eigenvalue weighted by Gasteiger charge is -2.24. The lowest BCUT2D eigenvalue weighted by atomic mass is 10.1. The highest BCUT2D eigenvalue weighted by Gasteiger charge is 2.17. The van der Waals surface area contributed by atoms with Crippen molar-refractivity contribution >= 4 is 27.5 Å². The Labute approximate surface area is 111 Å². The number of nitrogen functional groups attached to an aromatic ring is 1. The van der Waals surface area contributed by atoms with Gasteiger partial charge in [-0.1, -0.05) is 13.3 Å². The topological polar surface area (TPSA) is 46.3 Å². The van der Waals surface area contributed by atoms with Crippen LogP contribution in [0.15, 0.2) is 22.7 Å². The minimum absolute atomic E-state index is 0.0187. The zero-order valence-corrected chi connectivity index (χ0v) is 12.1. The number of amides is 1. The number of hydrogen-bond donors (Lipinski definition) is 1. The molecule has 1 aromatic carbocycles. The molecule has 0 aliphatic rings. The van der Waals surface area contributed by atoms with Crippen LogP contribution < -0.4 is 5.73 Å². The summed E-state index contributed by atoms with van der Waals surface area (Å²) >= 11 is 3.32. The molecule has 1 amide bonds. The summed E-state index contributed by atoms with van der Waals surface area (Å²) in [4.78, 5) is 13.9. The first-order chi connectivity index (χ1) is 7.97. The van der Waals surface area contributed by atoms with Crippen molar-refractivity contribution in [1.82, 2.24) is 4.90 Å². The smallest absolute Gasteiger partial charge is 0.253 e. The number of nitrogens with zero attached hydrogens (tertiary/aromatic N) is 1. The van der Waals surface area contributed by atoms with Crippen LogP contribution in [0.3, 0.4) is 0 Å². The fourth-order valence-electron chi connectivity index (χ4n) is 1.69. The molecule has 1 atom stereocenters. The number of nitrogens with two attached hydrogens (primary N) is 1. The van der Waals surface area contributed by atoms with Crippen molar-refractivity contribution in [2.24, 2.45) is 0 Å². The maximum atomic E-state index is 12.2. The predicted molar refractivity (Wildman–Crippen MR) is 75.0 cm³/mol. The summed E-state index contributed by atoms with van der Waals surface area (Å²) in [6, 6.07) is 5.55. The third-order valence-corrected chi connectivity index (χ3v) is 3.65. The number of carbonyl (C=O) groups excluding carboxylic acids is 1. The molecule has 0 bridgehead atoms. The Morgan fingerprint density at radius 3 is 2.71 bits per heavy atom. The van der Waals surface area contributed by atoms with Gasteiger partial charge in [-0.3, -0.25) is 4.79 Å². The summed E-state index contributed by atoms with van der Waals surface area (Å²) in [6.45, 7) is 4.18. The molecule has 1 unspecified atom stereocenters. The number of benzene rings is 1. The molecule has 0 saturated heterocycles. The summed E-state index contributed by atoms with van der Waals surface area (Å²) in [5, 5.41) is 0. The lowest BCUT2D eigenvalue weighted by molar-refractivity contribution is 0.0737. The molecule has 1 rings (SSSR count). The number of halogens is 1. The van der Waals surface area contributed by atoms with Gasteiger partial charge >= 0.3 is 0 Å². The molecule has 0 aromatic heterocycles. The molecule has 0 aliphatic carbocycles. The van der Waals surface area contributed by atoms with Crippen molar-refractivity contribution in [3.05, 3.63) is 28.2 Å². The number of carbonyl (C=O) groups is 1. The van der Waals surface area contributed by atoms with E-state index < -0.39 is 0 Å². The molecule has 4 heteroatoms. The van der Waals surface area contributed by atoms with Crippen LogP contribution in [0.5, 0.6) is 0 Å². The first-order valence-electron chi connectivity index (χ1n) is 5.79. The Morgan fingerprint density at radius 2 is 2.18 bits per heavy atom. The average Bonchev–Trinajstić information content (AvgIpc) is 2.31. The molecule has 2 N–H and O–H groups in total. The van der Waals surface area contributed by atoms with Gasteiger partial charge in [0.25, 0.3) is 5.91 Å². The number of hydrogen-bond acceptors (Lipinski definition) is 2. The molecule has 0 fully saturated rings. The zero-order valence-electron chi connectivity index (χ0n) is 10.5. The van der Waals surface area contributed by atoms with Gasteiger partial charge in [0.2, 0.25) is 0 Å². The van der Waals surface area contributed by atoms with E-state index in [0.717, 1.165) is 17.3 Å². The van der Waals surface area contributed by atoms with Crippen LogP contribution in [-0.2, 0) is 0 Å². The quantitative estimate of drug-likeness (QED) is 0.867. The zero-order chi connectivity index (χ0) is 13.0. The van der Waals surface area contributed by atoms with Gasteiger partial charge in [-0.15, -0.1) is 0 Å². The van der Waals surface area contributed by atoms with Gasteiger partial charge in [0.15, 0.2) is 0 Å². The molecule has 0 heterocycles. The van der Waals surface area contributed by atoms with Crippen molar-refractivity contribution in [3.63, 3.8) is 0 Å². The van der Waals surface area contributed by atoms with Crippen LogP contribution in [0.25, 0.3) is 0 Å². The highest BCUT2D eigenvalue weighted by atomic mass is 79.9. The average molecular weight is 299 g/mol. The number of anilines is 1. The molecule has 0 radical (unpaired) electrons. The van der Waals surface area contributed by atoms with E-state index in [1.807, 2.05) is 7.05 Å². The highest BCUT2D eigenvalue weighted by molar-refractivity contribution is 9.10. The predicted octanol–water partition coefficient (Wildman–Crippen LogP) is 3.29. The second kappa shape index (κ2) is 6.05. The Hall–Kier alpha value is -1.03. The minimum atomic E-state index is 0.0187. The van der Waals surface area contributed by atoms with Gasteiger partial charge < -0.3 is 10.6 Å². The minimum Gasteiger partial charge on any atom is -0.398 e. The molecular formula is C13H19BrN2O. The van der Waals surface area contributed by atoms with Crippen LogP contribution in [0, 0.1) is 0 Å². The van der Waals surface area contributed by atoms with Crippen LogP contribution in [-0.4, -0.2) is 23.9 Å². The summed E-state index contributed by atoms with van der Waals surface area (Å²) in [7, 11) is 1.83. The normalized spacial score (nSPS) is 12.2. The van der Waals surface area contributed by atoms with E-state index in [0.29, 0.717) is 11.3 Å². The Morgan fingerprint density at radius 1 is 1.53 bits per heavy atom. The summed E-state index contributed by atoms with van der Waals surface area (Å²) in [5.74, 6) is 0.0187. The van der Waals surface area contributed by atoms with E-state index in [1.54, 1.807) is 23.1 Å². The monoisotopic (exact) mass is 298 g/mol. The Kier molecular flexibility index (Phi) is 5.00. The lowest BCUT2D eigenvalue weighted by Crippen LogP contribution is -2.34. The maximum Gasteiger partial charge on any atom is 0.253 e. The van der Waals surface area contributed by atoms with Crippen LogP contribution in [0.1, 0.15) is 37.0 Å². The summed E-state index contributed by atoms with van der Waals surface area (Å²) < 4.78 is 0.818. The third kappa shape index (κ3) is 3.46. The fourth-order valence-corrected chi connectivity index (χ4v) is 1.94. The Balaban J connectivity index is 2.85. The third-order valence-electron chi connectivity index (χ3n) is 2.93. The molecule has 0 aliphatic heterocycles. The van der Waals surface area contributed by atoms with E-state index in [1.165, 1.54) is 0 Å². The van der Waals surface area contributed by atoms with Crippen molar-refractivity contribution < 1.29 is 4.79 Å². The maximum absolute atomic E-state index is 12.2. The van der Waals surface area contributed by atoms with Crippen molar-refractivity contribution in [3.8, 4) is 0 Å². The van der Waals surface area contributed by atoms with Gasteiger partial charge in [-0.05, 0) is 47.5 Å². The second-order valence-electron chi connectivity index (χ2n) is 4.29. The van der Waals surface area contributed by atoms with Gasteiger partial charge in [-0.2, -0.15) is 0 Å². The van der Waals surface area contributed by atoms with E-state index in [-0.39, 0.29) is 11.9 Å². The first kappa shape index (κ1) is 14.0. The Bertz CT molecular complexity index is 406. The molecule has 3 nitrogen and oxygen atoms in total. The van der Waals surface area contributed by atoms with Gasteiger partial charge in [0, 0.05) is 28.8 Å². The van der Waals surface area contributed by atoms with Gasteiger partial charge in [0.05, 0.1) is 0 Å². The van der Waals surface area contributed by atoms with E-state index in [9.17, 15) is 4.79 Å². The van der Waals surface area contributed by atoms with Crippen LogP contribution in [0.4, 0.5) is 5.69 Å². The van der Waals surface area contributed by atoms with Gasteiger partial charge in [-0.25, -0.2) is 0 Å². The molecular weight excluding hydrogens is 280 g/mol. The first-order valence-corrected chi connectivity index (χ1v) is 6.58. The van der Waals surface area contributed by atoms with Crippen LogP contribution in [0.2, 0.25) is 0 Å². The molecule has 1 aromatic rings. The molecule has 94 valence electrons.